The molecular weight excluding hydrogens is 342 g/mol. The van der Waals surface area contributed by atoms with Gasteiger partial charge in [-0.2, -0.15) is 18.3 Å². The molecule has 1 aromatic carbocycles. The molecule has 3 rings (SSSR count). The fraction of sp³-hybridized carbons (Fsp3) is 0.400. The summed E-state index contributed by atoms with van der Waals surface area (Å²) in [5, 5.41) is 6.49. The highest BCUT2D eigenvalue weighted by Crippen LogP contribution is 2.32. The van der Waals surface area contributed by atoms with Gasteiger partial charge in [-0.25, -0.2) is 18.9 Å². The van der Waals surface area contributed by atoms with Crippen LogP contribution in [0.4, 0.5) is 28.0 Å². The van der Waals surface area contributed by atoms with Crippen molar-refractivity contribution in [3.05, 3.63) is 42.2 Å². The Morgan fingerprint density at radius 1 is 1.24 bits per heavy atom. The first kappa shape index (κ1) is 17.2. The number of aromatic nitrogens is 3. The van der Waals surface area contributed by atoms with Crippen LogP contribution < -0.4 is 5.32 Å². The second-order valence-electron chi connectivity index (χ2n) is 5.72. The van der Waals surface area contributed by atoms with Gasteiger partial charge in [-0.3, -0.25) is 0 Å². The molecule has 0 unspecified atom stereocenters. The Balaban J connectivity index is 1.59. The number of anilines is 1. The molecule has 2 aromatic rings. The van der Waals surface area contributed by atoms with E-state index in [-0.39, 0.29) is 11.7 Å². The Bertz CT molecular complexity index is 739. The van der Waals surface area contributed by atoms with E-state index in [1.807, 2.05) is 0 Å². The van der Waals surface area contributed by atoms with Gasteiger partial charge in [-0.15, -0.1) is 0 Å². The lowest BCUT2D eigenvalue weighted by molar-refractivity contribution is -0.139. The second-order valence-corrected chi connectivity index (χ2v) is 5.72. The second kappa shape index (κ2) is 6.69. The highest BCUT2D eigenvalue weighted by atomic mass is 19.4. The smallest absolute Gasteiger partial charge is 0.324 e. The molecular formula is C15H15F4N5O. The number of amides is 2. The van der Waals surface area contributed by atoms with E-state index >= 15 is 0 Å². The topological polar surface area (TPSA) is 63.1 Å². The molecule has 0 atom stereocenters. The summed E-state index contributed by atoms with van der Waals surface area (Å²) in [6.45, 7) is 0.916. The number of nitrogens with zero attached hydrogens (tertiary/aromatic N) is 4. The number of urea groups is 1. The molecule has 1 fully saturated rings. The Morgan fingerprint density at radius 2 is 1.96 bits per heavy atom. The Kier molecular flexibility index (Phi) is 4.60. The highest BCUT2D eigenvalue weighted by Gasteiger charge is 2.34. The number of hydrogen-bond donors (Lipinski definition) is 1. The number of carbonyl (C=O) groups is 1. The highest BCUT2D eigenvalue weighted by molar-refractivity contribution is 5.89. The number of hydrogen-bond acceptors (Lipinski definition) is 3. The Labute approximate surface area is 140 Å². The number of piperidine rings is 1. The summed E-state index contributed by atoms with van der Waals surface area (Å²) in [5.74, 6) is -1.42. The van der Waals surface area contributed by atoms with Gasteiger partial charge < -0.3 is 10.2 Å². The lowest BCUT2D eigenvalue weighted by Gasteiger charge is -2.31. The normalized spacial score (nSPS) is 16.1. The van der Waals surface area contributed by atoms with Gasteiger partial charge >= 0.3 is 12.2 Å². The number of alkyl halides is 3. The summed E-state index contributed by atoms with van der Waals surface area (Å²) < 4.78 is 52.9. The van der Waals surface area contributed by atoms with Crippen LogP contribution in [0.3, 0.4) is 0 Å². The Morgan fingerprint density at radius 3 is 2.52 bits per heavy atom. The van der Waals surface area contributed by atoms with Crippen molar-refractivity contribution in [1.82, 2.24) is 19.7 Å². The zero-order chi connectivity index (χ0) is 18.0. The SMILES string of the molecule is O=C(Nc1ccc(C(F)(F)F)c(F)c1)N1CCC(n2cncn2)CC1. The largest absolute Gasteiger partial charge is 0.419 e. The van der Waals surface area contributed by atoms with E-state index in [0.717, 1.165) is 6.07 Å². The number of rotatable bonds is 2. The summed E-state index contributed by atoms with van der Waals surface area (Å²) in [6, 6.07) is 1.99. The third kappa shape index (κ3) is 3.89. The monoisotopic (exact) mass is 357 g/mol. The van der Waals surface area contributed by atoms with E-state index in [1.54, 1.807) is 11.0 Å². The molecule has 25 heavy (non-hydrogen) atoms. The average Bonchev–Trinajstić information content (AvgIpc) is 3.08. The molecule has 1 saturated heterocycles. The van der Waals surface area contributed by atoms with Crippen molar-refractivity contribution < 1.29 is 22.4 Å². The van der Waals surface area contributed by atoms with Crippen molar-refractivity contribution in [3.63, 3.8) is 0 Å². The van der Waals surface area contributed by atoms with E-state index < -0.39 is 23.6 Å². The number of halogens is 4. The van der Waals surface area contributed by atoms with Gasteiger partial charge in [0.1, 0.15) is 18.5 Å². The maximum atomic E-state index is 13.5. The van der Waals surface area contributed by atoms with Crippen molar-refractivity contribution in [2.75, 3.05) is 18.4 Å². The summed E-state index contributed by atoms with van der Waals surface area (Å²) in [4.78, 5) is 17.6. The molecule has 0 saturated carbocycles. The van der Waals surface area contributed by atoms with E-state index in [9.17, 15) is 22.4 Å². The molecule has 6 nitrogen and oxygen atoms in total. The van der Waals surface area contributed by atoms with Crippen LogP contribution in [-0.2, 0) is 6.18 Å². The fourth-order valence-electron chi connectivity index (χ4n) is 2.76. The van der Waals surface area contributed by atoms with E-state index in [1.165, 1.54) is 11.2 Å². The maximum absolute atomic E-state index is 13.5. The zero-order valence-corrected chi connectivity index (χ0v) is 13.0. The molecule has 0 radical (unpaired) electrons. The lowest BCUT2D eigenvalue weighted by atomic mass is 10.1. The molecule has 2 amide bonds. The summed E-state index contributed by atoms with van der Waals surface area (Å²) in [5.41, 5.74) is -1.38. The van der Waals surface area contributed by atoms with Gasteiger partial charge in [-0.1, -0.05) is 0 Å². The van der Waals surface area contributed by atoms with Crippen LogP contribution in [-0.4, -0.2) is 38.8 Å². The zero-order valence-electron chi connectivity index (χ0n) is 13.0. The van der Waals surface area contributed by atoms with Crippen LogP contribution in [0.1, 0.15) is 24.4 Å². The van der Waals surface area contributed by atoms with Crippen molar-refractivity contribution in [1.29, 1.82) is 0 Å². The number of carbonyl (C=O) groups excluding carboxylic acids is 1. The third-order valence-corrected chi connectivity index (χ3v) is 4.09. The van der Waals surface area contributed by atoms with Crippen molar-refractivity contribution in [2.24, 2.45) is 0 Å². The van der Waals surface area contributed by atoms with Gasteiger partial charge in [-0.05, 0) is 31.0 Å². The first-order valence-corrected chi connectivity index (χ1v) is 7.61. The molecule has 1 aromatic heterocycles. The van der Waals surface area contributed by atoms with E-state index in [2.05, 4.69) is 15.4 Å². The standard InChI is InChI=1S/C15H15F4N5O/c16-13-7-10(1-2-12(13)15(17,18)19)22-14(25)23-5-3-11(4-6-23)24-9-20-8-21-24/h1-2,7-9,11H,3-6H2,(H,22,25). The molecule has 134 valence electrons. The molecule has 0 spiro atoms. The lowest BCUT2D eigenvalue weighted by Crippen LogP contribution is -2.41. The summed E-state index contributed by atoms with van der Waals surface area (Å²) in [7, 11) is 0. The minimum absolute atomic E-state index is 0.0195. The predicted octanol–water partition coefficient (Wildman–Crippen LogP) is 3.31. The first-order valence-electron chi connectivity index (χ1n) is 7.61. The van der Waals surface area contributed by atoms with E-state index in [4.69, 9.17) is 0 Å². The minimum atomic E-state index is -4.77. The number of benzene rings is 1. The van der Waals surface area contributed by atoms with Gasteiger partial charge in [0.05, 0.1) is 11.6 Å². The van der Waals surface area contributed by atoms with Crippen LogP contribution in [0.25, 0.3) is 0 Å². The molecule has 10 heteroatoms. The van der Waals surface area contributed by atoms with Gasteiger partial charge in [0.25, 0.3) is 0 Å². The molecule has 2 heterocycles. The molecule has 0 aliphatic carbocycles. The number of likely N-dealkylation sites (tertiary alicyclic amines) is 1. The van der Waals surface area contributed by atoms with Crippen molar-refractivity contribution >= 4 is 11.7 Å². The molecule has 1 aliphatic heterocycles. The third-order valence-electron chi connectivity index (χ3n) is 4.09. The minimum Gasteiger partial charge on any atom is -0.324 e. The van der Waals surface area contributed by atoms with Crippen LogP contribution in [0.2, 0.25) is 0 Å². The van der Waals surface area contributed by atoms with Crippen LogP contribution in [0, 0.1) is 5.82 Å². The van der Waals surface area contributed by atoms with Crippen LogP contribution >= 0.6 is 0 Å². The summed E-state index contributed by atoms with van der Waals surface area (Å²) in [6.07, 6.45) is -0.351. The molecule has 0 bridgehead atoms. The van der Waals surface area contributed by atoms with Gasteiger partial charge in [0.15, 0.2) is 0 Å². The van der Waals surface area contributed by atoms with Gasteiger partial charge in [0, 0.05) is 18.8 Å². The average molecular weight is 357 g/mol. The van der Waals surface area contributed by atoms with Crippen LogP contribution in [0.15, 0.2) is 30.9 Å². The predicted molar refractivity (Wildman–Crippen MR) is 80.3 cm³/mol. The van der Waals surface area contributed by atoms with Crippen molar-refractivity contribution in [3.8, 4) is 0 Å². The van der Waals surface area contributed by atoms with E-state index in [0.29, 0.717) is 38.1 Å². The number of nitrogens with one attached hydrogen (secondary N) is 1. The summed E-state index contributed by atoms with van der Waals surface area (Å²) >= 11 is 0. The molecule has 1 aliphatic rings. The molecule has 1 N–H and O–H groups in total. The fourth-order valence-corrected chi connectivity index (χ4v) is 2.76. The maximum Gasteiger partial charge on any atom is 0.419 e. The van der Waals surface area contributed by atoms with Crippen molar-refractivity contribution in [2.45, 2.75) is 25.1 Å². The van der Waals surface area contributed by atoms with Gasteiger partial charge in [0.2, 0.25) is 0 Å². The quantitative estimate of drug-likeness (QED) is 0.839. The van der Waals surface area contributed by atoms with Crippen LogP contribution in [0.5, 0.6) is 0 Å². The first-order chi connectivity index (χ1) is 11.8. The Hall–Kier alpha value is -2.65.